The summed E-state index contributed by atoms with van der Waals surface area (Å²) < 4.78 is 5.52. The number of benzene rings is 1. The lowest BCUT2D eigenvalue weighted by atomic mass is 9.95. The first-order valence-electron chi connectivity index (χ1n) is 8.01. The maximum Gasteiger partial charge on any atom is 0.227 e. The summed E-state index contributed by atoms with van der Waals surface area (Å²) in [6.45, 7) is 6.78. The maximum atomic E-state index is 12.6. The molecule has 0 unspecified atom stereocenters. The van der Waals surface area contributed by atoms with Crippen molar-refractivity contribution in [1.29, 1.82) is 0 Å². The highest BCUT2D eigenvalue weighted by atomic mass is 16.5. The van der Waals surface area contributed by atoms with E-state index in [2.05, 4.69) is 23.2 Å². The molecule has 0 aliphatic carbocycles. The number of carbonyl (C=O) groups is 1. The van der Waals surface area contributed by atoms with Gasteiger partial charge in [0, 0.05) is 31.3 Å². The number of hydrogen-bond acceptors (Lipinski definition) is 3. The minimum Gasteiger partial charge on any atom is -0.493 e. The summed E-state index contributed by atoms with van der Waals surface area (Å²) in [4.78, 5) is 14.4. The lowest BCUT2D eigenvalue weighted by Gasteiger charge is -2.20. The van der Waals surface area contributed by atoms with Crippen LogP contribution < -0.4 is 9.64 Å². The zero-order valence-corrected chi connectivity index (χ0v) is 14.1. The fraction of sp³-hybridized carbons (Fsp3) is 0.444. The standard InChI is InChI=1S/C18H23N3O2/c1-11(18-12(2)19-20-13(18)3)9-17(22)21(4)15-5-6-16-14(10-15)7-8-23-16/h5-6,10-11H,7-9H2,1-4H3,(H,19,20)/t11-/m1/s1. The van der Waals surface area contributed by atoms with Crippen molar-refractivity contribution >= 4 is 11.6 Å². The number of aryl methyl sites for hydroxylation is 2. The van der Waals surface area contributed by atoms with Gasteiger partial charge in [0.1, 0.15) is 5.75 Å². The van der Waals surface area contributed by atoms with Gasteiger partial charge >= 0.3 is 0 Å². The fourth-order valence-corrected chi connectivity index (χ4v) is 3.31. The van der Waals surface area contributed by atoms with E-state index in [1.165, 1.54) is 5.56 Å². The molecule has 5 heteroatoms. The lowest BCUT2D eigenvalue weighted by molar-refractivity contribution is -0.118. The number of anilines is 1. The maximum absolute atomic E-state index is 12.6. The van der Waals surface area contributed by atoms with Crippen molar-refractivity contribution in [3.05, 3.63) is 40.7 Å². The van der Waals surface area contributed by atoms with Crippen LogP contribution in [0.2, 0.25) is 0 Å². The van der Waals surface area contributed by atoms with Crippen LogP contribution in [0.25, 0.3) is 0 Å². The van der Waals surface area contributed by atoms with E-state index in [4.69, 9.17) is 4.74 Å². The second-order valence-electron chi connectivity index (χ2n) is 6.30. The predicted molar refractivity (Wildman–Crippen MR) is 90.1 cm³/mol. The highest BCUT2D eigenvalue weighted by Gasteiger charge is 2.21. The van der Waals surface area contributed by atoms with Crippen LogP contribution >= 0.6 is 0 Å². The van der Waals surface area contributed by atoms with Gasteiger partial charge in [-0.25, -0.2) is 0 Å². The third-order valence-corrected chi connectivity index (χ3v) is 4.59. The zero-order valence-electron chi connectivity index (χ0n) is 14.1. The van der Waals surface area contributed by atoms with Crippen LogP contribution in [0.3, 0.4) is 0 Å². The molecule has 0 fully saturated rings. The predicted octanol–water partition coefficient (Wildman–Crippen LogP) is 3.12. The molecule has 1 aliphatic rings. The van der Waals surface area contributed by atoms with Crippen molar-refractivity contribution in [3.8, 4) is 5.75 Å². The van der Waals surface area contributed by atoms with Crippen molar-refractivity contribution in [2.45, 2.75) is 39.5 Å². The number of H-pyrrole nitrogens is 1. The Labute approximate surface area is 136 Å². The average Bonchev–Trinajstić information content (AvgIpc) is 3.11. The number of aromatic amines is 1. The minimum atomic E-state index is 0.108. The van der Waals surface area contributed by atoms with E-state index in [9.17, 15) is 4.79 Å². The normalized spacial score (nSPS) is 14.3. The molecule has 0 radical (unpaired) electrons. The Hall–Kier alpha value is -2.30. The third kappa shape index (κ3) is 2.96. The molecule has 23 heavy (non-hydrogen) atoms. The molecule has 3 rings (SSSR count). The van der Waals surface area contributed by atoms with Crippen LogP contribution in [-0.4, -0.2) is 29.8 Å². The third-order valence-electron chi connectivity index (χ3n) is 4.59. The smallest absolute Gasteiger partial charge is 0.227 e. The van der Waals surface area contributed by atoms with E-state index in [-0.39, 0.29) is 11.8 Å². The van der Waals surface area contributed by atoms with E-state index in [0.29, 0.717) is 6.42 Å². The summed E-state index contributed by atoms with van der Waals surface area (Å²) in [6, 6.07) is 5.95. The fourth-order valence-electron chi connectivity index (χ4n) is 3.31. The molecule has 2 heterocycles. The molecule has 0 bridgehead atoms. The number of carbonyl (C=O) groups excluding carboxylic acids is 1. The van der Waals surface area contributed by atoms with Crippen molar-refractivity contribution < 1.29 is 9.53 Å². The number of rotatable bonds is 4. The molecule has 0 saturated carbocycles. The van der Waals surface area contributed by atoms with E-state index in [1.54, 1.807) is 4.90 Å². The van der Waals surface area contributed by atoms with Crippen LogP contribution in [-0.2, 0) is 11.2 Å². The Morgan fingerprint density at radius 2 is 2.22 bits per heavy atom. The Bertz CT molecular complexity index is 716. The summed E-state index contributed by atoms with van der Waals surface area (Å²) in [5, 5.41) is 7.21. The van der Waals surface area contributed by atoms with Gasteiger partial charge in [0.2, 0.25) is 5.91 Å². The number of nitrogens with one attached hydrogen (secondary N) is 1. The first-order valence-corrected chi connectivity index (χ1v) is 8.01. The molecule has 1 amide bonds. The topological polar surface area (TPSA) is 58.2 Å². The monoisotopic (exact) mass is 313 g/mol. The molecule has 0 saturated heterocycles. The van der Waals surface area contributed by atoms with Gasteiger partial charge in [0.25, 0.3) is 0 Å². The van der Waals surface area contributed by atoms with E-state index >= 15 is 0 Å². The van der Waals surface area contributed by atoms with Gasteiger partial charge < -0.3 is 9.64 Å². The highest BCUT2D eigenvalue weighted by Crippen LogP contribution is 2.30. The summed E-state index contributed by atoms with van der Waals surface area (Å²) in [5.74, 6) is 1.19. The lowest BCUT2D eigenvalue weighted by Crippen LogP contribution is -2.27. The van der Waals surface area contributed by atoms with Crippen LogP contribution in [0.5, 0.6) is 5.75 Å². The van der Waals surface area contributed by atoms with Gasteiger partial charge in [-0.2, -0.15) is 5.10 Å². The van der Waals surface area contributed by atoms with E-state index in [1.807, 2.05) is 33.0 Å². The first-order chi connectivity index (χ1) is 11.0. The van der Waals surface area contributed by atoms with Crippen LogP contribution in [0, 0.1) is 13.8 Å². The highest BCUT2D eigenvalue weighted by molar-refractivity contribution is 5.93. The molecular formula is C18H23N3O2. The van der Waals surface area contributed by atoms with Gasteiger partial charge in [-0.3, -0.25) is 9.89 Å². The summed E-state index contributed by atoms with van der Waals surface area (Å²) >= 11 is 0. The number of fused-ring (bicyclic) bond motifs is 1. The molecule has 1 N–H and O–H groups in total. The first kappa shape index (κ1) is 15.6. The van der Waals surface area contributed by atoms with Crippen molar-refractivity contribution in [2.75, 3.05) is 18.6 Å². The second-order valence-corrected chi connectivity index (χ2v) is 6.30. The number of nitrogens with zero attached hydrogens (tertiary/aromatic N) is 2. The van der Waals surface area contributed by atoms with Gasteiger partial charge in [-0.1, -0.05) is 6.92 Å². The van der Waals surface area contributed by atoms with Gasteiger partial charge in [0.05, 0.1) is 12.3 Å². The van der Waals surface area contributed by atoms with Crippen molar-refractivity contribution in [3.63, 3.8) is 0 Å². The molecule has 1 aromatic carbocycles. The quantitative estimate of drug-likeness (QED) is 0.943. The number of hydrogen-bond donors (Lipinski definition) is 1. The van der Waals surface area contributed by atoms with E-state index < -0.39 is 0 Å². The summed E-state index contributed by atoms with van der Waals surface area (Å²) in [5.41, 5.74) is 5.26. The second kappa shape index (κ2) is 6.07. The molecule has 2 aromatic rings. The Morgan fingerprint density at radius 3 is 2.91 bits per heavy atom. The van der Waals surface area contributed by atoms with E-state index in [0.717, 1.165) is 41.4 Å². The SMILES string of the molecule is Cc1n[nH]c(C)c1[C@H](C)CC(=O)N(C)c1ccc2c(c1)CCO2. The molecular weight excluding hydrogens is 290 g/mol. The molecule has 1 aliphatic heterocycles. The Morgan fingerprint density at radius 1 is 1.43 bits per heavy atom. The number of ether oxygens (including phenoxy) is 1. The molecule has 1 aromatic heterocycles. The van der Waals surface area contributed by atoms with Gasteiger partial charge in [-0.15, -0.1) is 0 Å². The molecule has 1 atom stereocenters. The number of aromatic nitrogens is 2. The largest absolute Gasteiger partial charge is 0.493 e. The van der Waals surface area contributed by atoms with Gasteiger partial charge in [-0.05, 0) is 49.1 Å². The molecule has 122 valence electrons. The zero-order chi connectivity index (χ0) is 16.6. The molecule has 5 nitrogen and oxygen atoms in total. The molecule has 0 spiro atoms. The van der Waals surface area contributed by atoms with Crippen LogP contribution in [0.1, 0.15) is 41.8 Å². The van der Waals surface area contributed by atoms with Crippen molar-refractivity contribution in [2.24, 2.45) is 0 Å². The Kier molecular flexibility index (Phi) is 4.11. The Balaban J connectivity index is 1.73. The number of amides is 1. The van der Waals surface area contributed by atoms with Gasteiger partial charge in [0.15, 0.2) is 0 Å². The summed E-state index contributed by atoms with van der Waals surface area (Å²) in [6.07, 6.45) is 1.38. The van der Waals surface area contributed by atoms with Crippen LogP contribution in [0.4, 0.5) is 5.69 Å². The average molecular weight is 313 g/mol. The minimum absolute atomic E-state index is 0.108. The van der Waals surface area contributed by atoms with Crippen molar-refractivity contribution in [1.82, 2.24) is 10.2 Å². The van der Waals surface area contributed by atoms with Crippen LogP contribution in [0.15, 0.2) is 18.2 Å². The summed E-state index contributed by atoms with van der Waals surface area (Å²) in [7, 11) is 1.83.